The third-order valence-corrected chi connectivity index (χ3v) is 5.47. The predicted octanol–water partition coefficient (Wildman–Crippen LogP) is 3.36. The summed E-state index contributed by atoms with van der Waals surface area (Å²) in [6.07, 6.45) is 0.399. The molecule has 1 aliphatic rings. The van der Waals surface area contributed by atoms with Crippen LogP contribution in [-0.2, 0) is 14.4 Å². The second kappa shape index (κ2) is 10.6. The molecule has 2 atom stereocenters. The lowest BCUT2D eigenvalue weighted by Gasteiger charge is -2.18. The van der Waals surface area contributed by atoms with E-state index in [1.807, 2.05) is 31.2 Å². The van der Waals surface area contributed by atoms with Crippen molar-refractivity contribution in [3.8, 4) is 0 Å². The number of carboxylic acids is 1. The zero-order valence-corrected chi connectivity index (χ0v) is 18.6. The minimum Gasteiger partial charge on any atom is -0.481 e. The Balaban J connectivity index is 1.53. The van der Waals surface area contributed by atoms with Gasteiger partial charge in [0.2, 0.25) is 11.8 Å². The van der Waals surface area contributed by atoms with E-state index < -0.39 is 17.9 Å². The summed E-state index contributed by atoms with van der Waals surface area (Å²) >= 11 is 0. The summed E-state index contributed by atoms with van der Waals surface area (Å²) < 4.78 is 0. The topological polar surface area (TPSA) is 128 Å². The van der Waals surface area contributed by atoms with Crippen LogP contribution < -0.4 is 20.9 Å². The molecule has 3 rings (SSSR count). The number of urea groups is 1. The normalized spacial score (nSPS) is 16.2. The third kappa shape index (κ3) is 6.55. The largest absolute Gasteiger partial charge is 0.481 e. The van der Waals surface area contributed by atoms with Crippen molar-refractivity contribution in [3.63, 3.8) is 0 Å². The first kappa shape index (κ1) is 23.8. The molecule has 9 heteroatoms. The summed E-state index contributed by atoms with van der Waals surface area (Å²) in [6.45, 7) is 4.01. The van der Waals surface area contributed by atoms with Crippen LogP contribution in [0, 0.1) is 12.8 Å². The summed E-state index contributed by atoms with van der Waals surface area (Å²) in [5.41, 5.74) is 2.95. The molecule has 4 N–H and O–H groups in total. The van der Waals surface area contributed by atoms with Gasteiger partial charge in [-0.15, -0.1) is 0 Å². The lowest BCUT2D eigenvalue weighted by Crippen LogP contribution is -2.36. The van der Waals surface area contributed by atoms with Gasteiger partial charge >= 0.3 is 12.0 Å². The Hall–Kier alpha value is -3.88. The number of carboxylic acid groups (broad SMARTS) is 1. The van der Waals surface area contributed by atoms with Crippen LogP contribution in [0.3, 0.4) is 0 Å². The van der Waals surface area contributed by atoms with Gasteiger partial charge in [-0.2, -0.15) is 0 Å². The maximum atomic E-state index is 12.8. The summed E-state index contributed by atoms with van der Waals surface area (Å²) in [4.78, 5) is 49.5. The smallest absolute Gasteiger partial charge is 0.323 e. The molecule has 1 heterocycles. The van der Waals surface area contributed by atoms with Gasteiger partial charge in [0.15, 0.2) is 0 Å². The number of aliphatic carboxylic acids is 1. The molecule has 2 aromatic rings. The van der Waals surface area contributed by atoms with Crippen molar-refractivity contribution < 1.29 is 24.3 Å². The first-order valence-corrected chi connectivity index (χ1v) is 10.8. The van der Waals surface area contributed by atoms with E-state index in [2.05, 4.69) is 16.0 Å². The van der Waals surface area contributed by atoms with E-state index in [1.165, 1.54) is 0 Å². The summed E-state index contributed by atoms with van der Waals surface area (Å²) in [5.74, 6) is -1.91. The second-order valence-electron chi connectivity index (χ2n) is 8.19. The van der Waals surface area contributed by atoms with Crippen LogP contribution in [0.5, 0.6) is 0 Å². The van der Waals surface area contributed by atoms with Gasteiger partial charge in [0.25, 0.3) is 0 Å². The summed E-state index contributed by atoms with van der Waals surface area (Å²) in [6, 6.07) is 13.5. The van der Waals surface area contributed by atoms with Crippen LogP contribution in [0.25, 0.3) is 0 Å². The van der Waals surface area contributed by atoms with Gasteiger partial charge in [0.05, 0.1) is 6.42 Å². The minimum atomic E-state index is -0.989. The maximum Gasteiger partial charge on any atom is 0.323 e. The molecular formula is C24H28N4O5. The molecular weight excluding hydrogens is 424 g/mol. The molecule has 0 aromatic heterocycles. The number of rotatable bonds is 8. The fraction of sp³-hybridized carbons (Fsp3) is 0.333. The molecule has 1 aliphatic heterocycles. The monoisotopic (exact) mass is 452 g/mol. The number of nitrogens with one attached hydrogen (secondary N) is 3. The number of hydrogen-bond acceptors (Lipinski definition) is 4. The Bertz CT molecular complexity index is 1040. The van der Waals surface area contributed by atoms with E-state index in [0.29, 0.717) is 24.3 Å². The Morgan fingerprint density at radius 1 is 1.09 bits per heavy atom. The molecule has 1 saturated heterocycles. The zero-order chi connectivity index (χ0) is 24.0. The Morgan fingerprint density at radius 3 is 2.45 bits per heavy atom. The van der Waals surface area contributed by atoms with Crippen LogP contribution in [0.15, 0.2) is 48.5 Å². The molecule has 9 nitrogen and oxygen atoms in total. The first-order chi connectivity index (χ1) is 15.7. The molecule has 0 spiro atoms. The van der Waals surface area contributed by atoms with Gasteiger partial charge in [0, 0.05) is 42.0 Å². The maximum absolute atomic E-state index is 12.8. The van der Waals surface area contributed by atoms with Gasteiger partial charge in [0.1, 0.15) is 0 Å². The quantitative estimate of drug-likeness (QED) is 0.488. The zero-order valence-electron chi connectivity index (χ0n) is 18.6. The van der Waals surface area contributed by atoms with Crippen molar-refractivity contribution in [1.29, 1.82) is 0 Å². The van der Waals surface area contributed by atoms with Gasteiger partial charge in [-0.05, 0) is 56.2 Å². The number of para-hydroxylation sites is 1. The first-order valence-electron chi connectivity index (χ1n) is 10.8. The fourth-order valence-corrected chi connectivity index (χ4v) is 3.78. The Labute approximate surface area is 192 Å². The van der Waals surface area contributed by atoms with Crippen molar-refractivity contribution in [2.45, 2.75) is 39.2 Å². The van der Waals surface area contributed by atoms with Crippen LogP contribution >= 0.6 is 0 Å². The molecule has 0 saturated carbocycles. The van der Waals surface area contributed by atoms with Crippen molar-refractivity contribution in [2.24, 2.45) is 5.92 Å². The van der Waals surface area contributed by atoms with Gasteiger partial charge in [-0.3, -0.25) is 14.4 Å². The minimum absolute atomic E-state index is 0.0258. The van der Waals surface area contributed by atoms with Crippen molar-refractivity contribution in [1.82, 2.24) is 5.32 Å². The van der Waals surface area contributed by atoms with Gasteiger partial charge < -0.3 is 26.0 Å². The molecule has 0 unspecified atom stereocenters. The Kier molecular flexibility index (Phi) is 7.66. The van der Waals surface area contributed by atoms with Crippen LogP contribution in [0.4, 0.5) is 21.9 Å². The van der Waals surface area contributed by atoms with E-state index in [0.717, 1.165) is 11.3 Å². The van der Waals surface area contributed by atoms with E-state index >= 15 is 0 Å². The average molecular weight is 453 g/mol. The van der Waals surface area contributed by atoms with Gasteiger partial charge in [-0.25, -0.2) is 4.79 Å². The number of carbonyl (C=O) groups excluding carboxylic acids is 3. The molecule has 174 valence electrons. The highest BCUT2D eigenvalue weighted by atomic mass is 16.4. The van der Waals surface area contributed by atoms with Crippen LogP contribution in [-0.4, -0.2) is 41.5 Å². The number of carbonyl (C=O) groups is 4. The number of nitrogens with zero attached hydrogens (tertiary/aromatic N) is 1. The second-order valence-corrected chi connectivity index (χ2v) is 8.19. The highest BCUT2D eigenvalue weighted by Gasteiger charge is 2.34. The van der Waals surface area contributed by atoms with Gasteiger partial charge in [-0.1, -0.05) is 18.2 Å². The number of aryl methyl sites for hydroxylation is 1. The molecule has 1 fully saturated rings. The fourth-order valence-electron chi connectivity index (χ4n) is 3.78. The number of hydrogen-bond donors (Lipinski definition) is 4. The highest BCUT2D eigenvalue weighted by Crippen LogP contribution is 2.28. The molecule has 0 radical (unpaired) electrons. The molecule has 0 aliphatic carbocycles. The highest BCUT2D eigenvalue weighted by molar-refractivity contribution is 6.01. The van der Waals surface area contributed by atoms with E-state index in [1.54, 1.807) is 36.1 Å². The molecule has 2 aromatic carbocycles. The van der Waals surface area contributed by atoms with E-state index in [-0.39, 0.29) is 30.7 Å². The molecule has 33 heavy (non-hydrogen) atoms. The van der Waals surface area contributed by atoms with Crippen molar-refractivity contribution in [2.75, 3.05) is 22.1 Å². The van der Waals surface area contributed by atoms with Crippen LogP contribution in [0.2, 0.25) is 0 Å². The summed E-state index contributed by atoms with van der Waals surface area (Å²) in [7, 11) is 0. The molecule has 4 amide bonds. The number of amides is 4. The van der Waals surface area contributed by atoms with E-state index in [4.69, 9.17) is 5.11 Å². The SMILES string of the molecule is Cc1ccccc1NC(=O)Nc1ccc(N2CC[C@@H](CC(=O)N[C@H](C)CC(=O)O)C2=O)cc1. The Morgan fingerprint density at radius 2 is 1.79 bits per heavy atom. The van der Waals surface area contributed by atoms with Crippen LogP contribution in [0.1, 0.15) is 31.7 Å². The van der Waals surface area contributed by atoms with E-state index in [9.17, 15) is 19.2 Å². The standard InChI is InChI=1S/C24H28N4O5/c1-15-5-3-4-6-20(15)27-24(33)26-18-7-9-19(10-8-18)28-12-11-17(23(28)32)14-21(29)25-16(2)13-22(30)31/h3-10,16-17H,11-14H2,1-2H3,(H,25,29)(H,30,31)(H2,26,27,33)/t16-,17+/m1/s1. The molecule has 0 bridgehead atoms. The number of benzene rings is 2. The number of anilines is 3. The summed E-state index contributed by atoms with van der Waals surface area (Å²) in [5, 5.41) is 17.0. The van der Waals surface area contributed by atoms with Crippen molar-refractivity contribution >= 4 is 40.9 Å². The predicted molar refractivity (Wildman–Crippen MR) is 125 cm³/mol. The third-order valence-electron chi connectivity index (χ3n) is 5.47. The van der Waals surface area contributed by atoms with Crippen molar-refractivity contribution in [3.05, 3.63) is 54.1 Å². The average Bonchev–Trinajstić information content (AvgIpc) is 3.09. The lowest BCUT2D eigenvalue weighted by molar-refractivity contribution is -0.137. The lowest BCUT2D eigenvalue weighted by atomic mass is 10.0.